The predicted octanol–water partition coefficient (Wildman–Crippen LogP) is 2.70. The summed E-state index contributed by atoms with van der Waals surface area (Å²) in [7, 11) is 3.29. The number of rotatable bonds is 5. The van der Waals surface area contributed by atoms with E-state index in [1.807, 2.05) is 13.0 Å². The number of hydrogen-bond donors (Lipinski definition) is 1. The minimum absolute atomic E-state index is 0.0515. The Kier molecular flexibility index (Phi) is 4.20. The van der Waals surface area contributed by atoms with Crippen molar-refractivity contribution < 1.29 is 14.2 Å². The first-order chi connectivity index (χ1) is 9.16. The van der Waals surface area contributed by atoms with Crippen LogP contribution in [0.4, 0.5) is 0 Å². The molecule has 0 spiro atoms. The Morgan fingerprint density at radius 3 is 2.53 bits per heavy atom. The molecule has 1 aromatic rings. The Morgan fingerprint density at radius 2 is 2.00 bits per heavy atom. The Balaban J connectivity index is 2.53. The largest absolute Gasteiger partial charge is 0.493 e. The van der Waals surface area contributed by atoms with Crippen molar-refractivity contribution in [1.29, 1.82) is 0 Å². The molecule has 106 valence electrons. The van der Waals surface area contributed by atoms with Crippen LogP contribution in [0.1, 0.15) is 32.3 Å². The number of ether oxygens (including phenoxy) is 3. The van der Waals surface area contributed by atoms with Gasteiger partial charge in [-0.25, -0.2) is 0 Å². The molecule has 1 N–H and O–H groups in total. The van der Waals surface area contributed by atoms with Crippen molar-refractivity contribution in [3.63, 3.8) is 0 Å². The smallest absolute Gasteiger partial charge is 0.203 e. The normalized spacial score (nSPS) is 22.3. The highest BCUT2D eigenvalue weighted by atomic mass is 16.5. The summed E-state index contributed by atoms with van der Waals surface area (Å²) in [6, 6.07) is 4.02. The van der Waals surface area contributed by atoms with Crippen molar-refractivity contribution in [1.82, 2.24) is 5.32 Å². The molecule has 1 heterocycles. The molecular weight excluding hydrogens is 242 g/mol. The van der Waals surface area contributed by atoms with Crippen molar-refractivity contribution in [2.24, 2.45) is 0 Å². The molecule has 4 heteroatoms. The van der Waals surface area contributed by atoms with E-state index in [1.165, 1.54) is 6.42 Å². The fourth-order valence-corrected chi connectivity index (χ4v) is 2.75. The first kappa shape index (κ1) is 14.0. The number of benzene rings is 1. The average molecular weight is 265 g/mol. The van der Waals surface area contributed by atoms with Crippen molar-refractivity contribution in [3.05, 3.63) is 17.7 Å². The van der Waals surface area contributed by atoms with Gasteiger partial charge in [-0.15, -0.1) is 0 Å². The van der Waals surface area contributed by atoms with Gasteiger partial charge in [0.2, 0.25) is 5.75 Å². The Morgan fingerprint density at radius 1 is 1.21 bits per heavy atom. The third-order valence-corrected chi connectivity index (χ3v) is 3.75. The van der Waals surface area contributed by atoms with Crippen LogP contribution in [-0.2, 0) is 5.54 Å². The van der Waals surface area contributed by atoms with Crippen LogP contribution in [-0.4, -0.2) is 27.4 Å². The van der Waals surface area contributed by atoms with Gasteiger partial charge in [0.1, 0.15) is 0 Å². The fraction of sp³-hybridized carbons (Fsp3) is 0.600. The summed E-state index contributed by atoms with van der Waals surface area (Å²) < 4.78 is 16.7. The number of hydrogen-bond acceptors (Lipinski definition) is 4. The maximum Gasteiger partial charge on any atom is 0.203 e. The lowest BCUT2D eigenvalue weighted by Gasteiger charge is -2.28. The maximum absolute atomic E-state index is 5.83. The summed E-state index contributed by atoms with van der Waals surface area (Å²) in [4.78, 5) is 0. The Hall–Kier alpha value is -1.42. The van der Waals surface area contributed by atoms with Crippen molar-refractivity contribution in [2.75, 3.05) is 27.4 Å². The molecule has 1 fully saturated rings. The van der Waals surface area contributed by atoms with Gasteiger partial charge in [-0.3, -0.25) is 0 Å². The minimum Gasteiger partial charge on any atom is -0.493 e. The van der Waals surface area contributed by atoms with Crippen molar-refractivity contribution in [3.8, 4) is 17.2 Å². The van der Waals surface area contributed by atoms with E-state index in [-0.39, 0.29) is 5.54 Å². The summed E-state index contributed by atoms with van der Waals surface area (Å²) in [5, 5.41) is 3.56. The Labute approximate surface area is 115 Å². The van der Waals surface area contributed by atoms with Gasteiger partial charge in [-0.05, 0) is 45.4 Å². The second kappa shape index (κ2) is 5.70. The molecule has 2 rings (SSSR count). The molecule has 0 aromatic heterocycles. The zero-order valence-corrected chi connectivity index (χ0v) is 12.2. The minimum atomic E-state index is -0.0515. The quantitative estimate of drug-likeness (QED) is 0.888. The van der Waals surface area contributed by atoms with Crippen LogP contribution in [0.5, 0.6) is 17.2 Å². The van der Waals surface area contributed by atoms with Crippen LogP contribution in [0.2, 0.25) is 0 Å². The predicted molar refractivity (Wildman–Crippen MR) is 75.3 cm³/mol. The second-order valence-corrected chi connectivity index (χ2v) is 4.97. The van der Waals surface area contributed by atoms with Gasteiger partial charge in [0.15, 0.2) is 11.5 Å². The standard InChI is InChI=1S/C15H23NO3/c1-5-19-13-11(15(2)9-6-10-16-15)7-8-12(17-3)14(13)18-4/h7-8,16H,5-6,9-10H2,1-4H3. The topological polar surface area (TPSA) is 39.7 Å². The van der Waals surface area contributed by atoms with Crippen LogP contribution < -0.4 is 19.5 Å². The fourth-order valence-electron chi connectivity index (χ4n) is 2.75. The first-order valence-corrected chi connectivity index (χ1v) is 6.79. The van der Waals surface area contributed by atoms with Crippen LogP contribution >= 0.6 is 0 Å². The summed E-state index contributed by atoms with van der Waals surface area (Å²) in [6.07, 6.45) is 2.28. The molecule has 1 saturated heterocycles. The van der Waals surface area contributed by atoms with E-state index in [9.17, 15) is 0 Å². The lowest BCUT2D eigenvalue weighted by molar-refractivity contribution is 0.283. The van der Waals surface area contributed by atoms with Gasteiger partial charge < -0.3 is 19.5 Å². The van der Waals surface area contributed by atoms with Crippen LogP contribution in [0.15, 0.2) is 12.1 Å². The van der Waals surface area contributed by atoms with E-state index >= 15 is 0 Å². The summed E-state index contributed by atoms with van der Waals surface area (Å²) in [5.41, 5.74) is 1.09. The van der Waals surface area contributed by atoms with Crippen molar-refractivity contribution >= 4 is 0 Å². The van der Waals surface area contributed by atoms with E-state index in [0.717, 1.165) is 24.3 Å². The van der Waals surface area contributed by atoms with E-state index < -0.39 is 0 Å². The zero-order valence-electron chi connectivity index (χ0n) is 12.2. The first-order valence-electron chi connectivity index (χ1n) is 6.79. The third-order valence-electron chi connectivity index (χ3n) is 3.75. The van der Waals surface area contributed by atoms with Gasteiger partial charge >= 0.3 is 0 Å². The summed E-state index contributed by atoms with van der Waals surface area (Å²) >= 11 is 0. The average Bonchev–Trinajstić information content (AvgIpc) is 2.86. The summed E-state index contributed by atoms with van der Waals surface area (Å²) in [5.74, 6) is 2.18. The molecule has 1 aromatic carbocycles. The van der Waals surface area contributed by atoms with Gasteiger partial charge in [-0.2, -0.15) is 0 Å². The zero-order chi connectivity index (χ0) is 13.9. The van der Waals surface area contributed by atoms with Gasteiger partial charge in [0.25, 0.3) is 0 Å². The van der Waals surface area contributed by atoms with Gasteiger partial charge in [0.05, 0.1) is 20.8 Å². The molecule has 19 heavy (non-hydrogen) atoms. The lowest BCUT2D eigenvalue weighted by atomic mass is 9.89. The van der Waals surface area contributed by atoms with E-state index in [1.54, 1.807) is 14.2 Å². The van der Waals surface area contributed by atoms with Crippen molar-refractivity contribution in [2.45, 2.75) is 32.2 Å². The molecular formula is C15H23NO3. The number of methoxy groups -OCH3 is 2. The molecule has 0 aliphatic carbocycles. The SMILES string of the molecule is CCOc1c(C2(C)CCCN2)ccc(OC)c1OC. The lowest BCUT2D eigenvalue weighted by Crippen LogP contribution is -2.33. The molecule has 1 aliphatic heterocycles. The monoisotopic (exact) mass is 265 g/mol. The van der Waals surface area contributed by atoms with E-state index in [4.69, 9.17) is 14.2 Å². The van der Waals surface area contributed by atoms with Crippen LogP contribution in [0.25, 0.3) is 0 Å². The highest BCUT2D eigenvalue weighted by Crippen LogP contribution is 2.46. The van der Waals surface area contributed by atoms with Gasteiger partial charge in [-0.1, -0.05) is 0 Å². The van der Waals surface area contributed by atoms with Crippen LogP contribution in [0, 0.1) is 0 Å². The molecule has 1 atom stereocenters. The highest BCUT2D eigenvalue weighted by Gasteiger charge is 2.34. The third kappa shape index (κ3) is 2.50. The Bertz CT molecular complexity index is 439. The van der Waals surface area contributed by atoms with Gasteiger partial charge in [0, 0.05) is 11.1 Å². The number of nitrogens with one attached hydrogen (secondary N) is 1. The van der Waals surface area contributed by atoms with E-state index in [0.29, 0.717) is 18.1 Å². The maximum atomic E-state index is 5.83. The molecule has 0 saturated carbocycles. The molecule has 1 aliphatic rings. The molecule has 0 bridgehead atoms. The molecule has 0 radical (unpaired) electrons. The second-order valence-electron chi connectivity index (χ2n) is 4.97. The molecule has 1 unspecified atom stereocenters. The van der Waals surface area contributed by atoms with Crippen LogP contribution in [0.3, 0.4) is 0 Å². The molecule has 0 amide bonds. The summed E-state index contributed by atoms with van der Waals surface area (Å²) in [6.45, 7) is 5.83. The highest BCUT2D eigenvalue weighted by molar-refractivity contribution is 5.58. The molecule has 4 nitrogen and oxygen atoms in total. The van der Waals surface area contributed by atoms with E-state index in [2.05, 4.69) is 18.3 Å².